The largest absolute Gasteiger partial charge is 0.360 e. The van der Waals surface area contributed by atoms with E-state index in [0.717, 1.165) is 26.2 Å². The Morgan fingerprint density at radius 3 is 2.68 bits per heavy atom. The Balaban J connectivity index is 1.51. The van der Waals surface area contributed by atoms with Crippen LogP contribution in [0.25, 0.3) is 0 Å². The van der Waals surface area contributed by atoms with Crippen molar-refractivity contribution in [3.8, 4) is 0 Å². The molecule has 0 atom stereocenters. The fraction of sp³-hybridized carbons (Fsp3) is 0.368. The third kappa shape index (κ3) is 4.50. The molecule has 0 radical (unpaired) electrons. The first-order valence-electron chi connectivity index (χ1n) is 8.59. The Morgan fingerprint density at radius 1 is 1.24 bits per heavy atom. The molecule has 6 heteroatoms. The maximum atomic E-state index is 12.2. The van der Waals surface area contributed by atoms with Crippen LogP contribution in [-0.4, -0.2) is 43.6 Å². The van der Waals surface area contributed by atoms with Gasteiger partial charge in [-0.25, -0.2) is 4.98 Å². The van der Waals surface area contributed by atoms with Crippen LogP contribution in [0.5, 0.6) is 0 Å². The van der Waals surface area contributed by atoms with Crippen molar-refractivity contribution in [2.75, 3.05) is 42.9 Å². The second-order valence-corrected chi connectivity index (χ2v) is 6.98. The molecule has 5 nitrogen and oxygen atoms in total. The number of piperazine rings is 1. The second kappa shape index (κ2) is 7.85. The molecule has 3 rings (SSSR count). The number of halogens is 1. The van der Waals surface area contributed by atoms with Gasteiger partial charge in [0.15, 0.2) is 6.54 Å². The zero-order valence-corrected chi connectivity index (χ0v) is 15.4. The quantitative estimate of drug-likeness (QED) is 0.873. The highest BCUT2D eigenvalue weighted by molar-refractivity contribution is 6.30. The van der Waals surface area contributed by atoms with E-state index in [2.05, 4.69) is 47.2 Å². The van der Waals surface area contributed by atoms with Crippen LogP contribution in [0, 0.1) is 13.8 Å². The molecule has 1 aliphatic heterocycles. The van der Waals surface area contributed by atoms with Crippen LogP contribution in [0.1, 0.15) is 11.1 Å². The maximum Gasteiger partial charge on any atom is 0.280 e. The lowest BCUT2D eigenvalue weighted by Gasteiger charge is -2.34. The molecule has 132 valence electrons. The number of hydrogen-bond acceptors (Lipinski definition) is 3. The minimum Gasteiger partial charge on any atom is -0.360 e. The maximum absolute atomic E-state index is 12.2. The highest BCUT2D eigenvalue weighted by Gasteiger charge is 2.23. The molecule has 1 aromatic carbocycles. The van der Waals surface area contributed by atoms with Gasteiger partial charge in [-0.3, -0.25) is 4.79 Å². The first kappa shape index (κ1) is 17.7. The number of aromatic nitrogens is 1. The molecule has 0 aliphatic carbocycles. The standard InChI is InChI=1S/C19H23ClN4O/c1-14-4-3-5-17(15(14)2)24-10-8-23(9-11-24)13-19(25)22-18-7-6-16(20)12-21-18/h3-7,12H,8-11,13H2,1-2H3,(H,21,22,25)/p+1. The number of carbonyl (C=O) groups excluding carboxylic acids is 1. The monoisotopic (exact) mass is 359 g/mol. The number of benzene rings is 1. The van der Waals surface area contributed by atoms with Gasteiger partial charge < -0.3 is 15.1 Å². The van der Waals surface area contributed by atoms with Crippen molar-refractivity contribution in [1.29, 1.82) is 0 Å². The van der Waals surface area contributed by atoms with Gasteiger partial charge >= 0.3 is 0 Å². The van der Waals surface area contributed by atoms with Crippen LogP contribution in [0.15, 0.2) is 36.5 Å². The fourth-order valence-corrected chi connectivity index (χ4v) is 3.29. The Kier molecular flexibility index (Phi) is 5.56. The van der Waals surface area contributed by atoms with E-state index in [1.54, 1.807) is 12.1 Å². The van der Waals surface area contributed by atoms with E-state index in [0.29, 0.717) is 17.4 Å². The van der Waals surface area contributed by atoms with Crippen LogP contribution in [-0.2, 0) is 4.79 Å². The zero-order valence-electron chi connectivity index (χ0n) is 14.7. The minimum atomic E-state index is -0.00925. The highest BCUT2D eigenvalue weighted by atomic mass is 35.5. The van der Waals surface area contributed by atoms with E-state index in [-0.39, 0.29) is 5.91 Å². The summed E-state index contributed by atoms with van der Waals surface area (Å²) in [5, 5.41) is 3.39. The van der Waals surface area contributed by atoms with Gasteiger partial charge in [0.25, 0.3) is 5.91 Å². The molecule has 2 N–H and O–H groups in total. The summed E-state index contributed by atoms with van der Waals surface area (Å²) in [5.41, 5.74) is 3.98. The van der Waals surface area contributed by atoms with E-state index in [1.807, 2.05) is 0 Å². The summed E-state index contributed by atoms with van der Waals surface area (Å²) in [7, 11) is 0. The number of pyridine rings is 1. The normalized spacial score (nSPS) is 15.2. The molecule has 0 saturated carbocycles. The smallest absolute Gasteiger partial charge is 0.280 e. The average molecular weight is 360 g/mol. The Labute approximate surface area is 153 Å². The summed E-state index contributed by atoms with van der Waals surface area (Å²) < 4.78 is 0. The average Bonchev–Trinajstić information content (AvgIpc) is 2.60. The van der Waals surface area contributed by atoms with Gasteiger partial charge in [-0.05, 0) is 43.2 Å². The Morgan fingerprint density at radius 2 is 2.00 bits per heavy atom. The molecular formula is C19H24ClN4O+. The van der Waals surface area contributed by atoms with Gasteiger partial charge in [-0.1, -0.05) is 23.7 Å². The molecule has 2 aromatic rings. The van der Waals surface area contributed by atoms with Gasteiger partial charge in [0.2, 0.25) is 0 Å². The summed E-state index contributed by atoms with van der Waals surface area (Å²) in [6.45, 7) is 8.62. The topological polar surface area (TPSA) is 49.7 Å². The predicted molar refractivity (Wildman–Crippen MR) is 102 cm³/mol. The van der Waals surface area contributed by atoms with Gasteiger partial charge in [0.05, 0.1) is 31.2 Å². The van der Waals surface area contributed by atoms with Crippen molar-refractivity contribution in [3.05, 3.63) is 52.7 Å². The van der Waals surface area contributed by atoms with Gasteiger partial charge in [-0.15, -0.1) is 0 Å². The molecule has 1 amide bonds. The Hall–Kier alpha value is -2.11. The molecule has 1 saturated heterocycles. The third-order valence-electron chi connectivity index (χ3n) is 4.79. The lowest BCUT2D eigenvalue weighted by molar-refractivity contribution is -0.892. The number of rotatable bonds is 4. The number of amides is 1. The van der Waals surface area contributed by atoms with Crippen molar-refractivity contribution < 1.29 is 9.69 Å². The summed E-state index contributed by atoms with van der Waals surface area (Å²) in [5.74, 6) is 0.535. The van der Waals surface area contributed by atoms with E-state index < -0.39 is 0 Å². The van der Waals surface area contributed by atoms with Gasteiger partial charge in [-0.2, -0.15) is 0 Å². The van der Waals surface area contributed by atoms with Crippen molar-refractivity contribution >= 4 is 29.0 Å². The lowest BCUT2D eigenvalue weighted by atomic mass is 10.1. The summed E-state index contributed by atoms with van der Waals surface area (Å²) in [6.07, 6.45) is 1.53. The summed E-state index contributed by atoms with van der Waals surface area (Å²) in [4.78, 5) is 20.0. The summed E-state index contributed by atoms with van der Waals surface area (Å²) >= 11 is 5.80. The number of anilines is 2. The van der Waals surface area contributed by atoms with Crippen molar-refractivity contribution in [2.24, 2.45) is 0 Å². The van der Waals surface area contributed by atoms with E-state index in [4.69, 9.17) is 11.6 Å². The van der Waals surface area contributed by atoms with E-state index in [9.17, 15) is 4.79 Å². The van der Waals surface area contributed by atoms with Crippen LogP contribution in [0.3, 0.4) is 0 Å². The molecule has 1 aromatic heterocycles. The van der Waals surface area contributed by atoms with Crippen LogP contribution >= 0.6 is 11.6 Å². The van der Waals surface area contributed by atoms with Crippen molar-refractivity contribution in [3.63, 3.8) is 0 Å². The van der Waals surface area contributed by atoms with Crippen molar-refractivity contribution in [1.82, 2.24) is 4.98 Å². The number of nitrogens with zero attached hydrogens (tertiary/aromatic N) is 2. The van der Waals surface area contributed by atoms with Gasteiger partial charge in [0, 0.05) is 11.9 Å². The molecular weight excluding hydrogens is 336 g/mol. The van der Waals surface area contributed by atoms with E-state index in [1.165, 1.54) is 27.9 Å². The number of nitrogens with one attached hydrogen (secondary N) is 2. The molecule has 1 aliphatic rings. The molecule has 2 heterocycles. The molecule has 25 heavy (non-hydrogen) atoms. The number of carbonyl (C=O) groups is 1. The first-order chi connectivity index (χ1) is 12.0. The minimum absolute atomic E-state index is 0.00925. The van der Waals surface area contributed by atoms with E-state index >= 15 is 0 Å². The zero-order chi connectivity index (χ0) is 17.8. The Bertz CT molecular complexity index is 740. The van der Waals surface area contributed by atoms with Crippen molar-refractivity contribution in [2.45, 2.75) is 13.8 Å². The molecule has 0 unspecified atom stereocenters. The highest BCUT2D eigenvalue weighted by Crippen LogP contribution is 2.22. The number of hydrogen-bond donors (Lipinski definition) is 2. The number of aryl methyl sites for hydroxylation is 1. The predicted octanol–water partition coefficient (Wildman–Crippen LogP) is 1.70. The number of quaternary nitrogens is 1. The van der Waals surface area contributed by atoms with Gasteiger partial charge in [0.1, 0.15) is 5.82 Å². The van der Waals surface area contributed by atoms with Crippen LogP contribution < -0.4 is 15.1 Å². The first-order valence-corrected chi connectivity index (χ1v) is 8.97. The molecule has 0 bridgehead atoms. The summed E-state index contributed by atoms with van der Waals surface area (Å²) in [6, 6.07) is 9.89. The molecule has 1 fully saturated rings. The SMILES string of the molecule is Cc1cccc(N2CC[NH+](CC(=O)Nc3ccc(Cl)cn3)CC2)c1C. The second-order valence-electron chi connectivity index (χ2n) is 6.54. The van der Waals surface area contributed by atoms with Crippen LogP contribution in [0.2, 0.25) is 5.02 Å². The molecule has 0 spiro atoms. The van der Waals surface area contributed by atoms with Crippen LogP contribution in [0.4, 0.5) is 11.5 Å². The third-order valence-corrected chi connectivity index (χ3v) is 5.02. The lowest BCUT2D eigenvalue weighted by Crippen LogP contribution is -3.15. The fourth-order valence-electron chi connectivity index (χ4n) is 3.18.